The normalized spacial score (nSPS) is 10.3. The quantitative estimate of drug-likeness (QED) is 0.856. The minimum absolute atomic E-state index is 0.121. The van der Waals surface area contributed by atoms with Crippen LogP contribution < -0.4 is 5.32 Å². The van der Waals surface area contributed by atoms with Crippen molar-refractivity contribution in [3.05, 3.63) is 63.4 Å². The molecule has 0 radical (unpaired) electrons. The molecule has 2 aromatic carbocycles. The maximum Gasteiger partial charge on any atom is 0.257 e. The van der Waals surface area contributed by atoms with Gasteiger partial charge >= 0.3 is 0 Å². The minimum Gasteiger partial charge on any atom is -0.319 e. The van der Waals surface area contributed by atoms with Crippen LogP contribution in [0.1, 0.15) is 15.9 Å². The van der Waals surface area contributed by atoms with Crippen LogP contribution in [-0.2, 0) is 0 Å². The topological polar surface area (TPSA) is 29.1 Å². The summed E-state index contributed by atoms with van der Waals surface area (Å²) < 4.78 is 13.5. The van der Waals surface area contributed by atoms with E-state index in [1.807, 2.05) is 6.92 Å². The Kier molecular flexibility index (Phi) is 4.08. The number of amides is 1. The van der Waals surface area contributed by atoms with E-state index in [1.54, 1.807) is 18.2 Å². The van der Waals surface area contributed by atoms with Gasteiger partial charge in [-0.1, -0.05) is 29.3 Å². The molecule has 0 fully saturated rings. The van der Waals surface area contributed by atoms with E-state index in [1.165, 1.54) is 18.2 Å². The molecule has 0 saturated heterocycles. The Hall–Kier alpha value is -1.58. The summed E-state index contributed by atoms with van der Waals surface area (Å²) in [5.74, 6) is -0.977. The molecule has 1 N–H and O–H groups in total. The summed E-state index contributed by atoms with van der Waals surface area (Å²) in [4.78, 5) is 12.0. The van der Waals surface area contributed by atoms with Crippen LogP contribution in [0.3, 0.4) is 0 Å². The zero-order chi connectivity index (χ0) is 14.0. The van der Waals surface area contributed by atoms with Crippen molar-refractivity contribution in [3.63, 3.8) is 0 Å². The lowest BCUT2D eigenvalue weighted by Gasteiger charge is -2.08. The number of carbonyl (C=O) groups is 1. The van der Waals surface area contributed by atoms with E-state index in [0.29, 0.717) is 5.02 Å². The second-order valence-electron chi connectivity index (χ2n) is 4.06. The predicted octanol–water partition coefficient (Wildman–Crippen LogP) is 4.69. The number of aryl methyl sites for hydroxylation is 1. The zero-order valence-electron chi connectivity index (χ0n) is 10.0. The molecule has 2 nitrogen and oxygen atoms in total. The Labute approximate surface area is 120 Å². The number of hydrogen-bond donors (Lipinski definition) is 1. The van der Waals surface area contributed by atoms with Gasteiger partial charge in [-0.25, -0.2) is 4.39 Å². The highest BCUT2D eigenvalue weighted by Crippen LogP contribution is 2.23. The maximum absolute atomic E-state index is 13.5. The first kappa shape index (κ1) is 13.8. The summed E-state index contributed by atoms with van der Waals surface area (Å²) in [6.45, 7) is 1.81. The van der Waals surface area contributed by atoms with E-state index in [-0.39, 0.29) is 16.3 Å². The molecule has 0 spiro atoms. The van der Waals surface area contributed by atoms with Crippen LogP contribution in [0.25, 0.3) is 0 Å². The fraction of sp³-hybridized carbons (Fsp3) is 0.0714. The molecule has 0 atom stereocenters. The van der Waals surface area contributed by atoms with Gasteiger partial charge in [0.2, 0.25) is 0 Å². The van der Waals surface area contributed by atoms with E-state index in [4.69, 9.17) is 23.2 Å². The molecule has 0 aliphatic heterocycles. The number of carbonyl (C=O) groups excluding carboxylic acids is 1. The summed E-state index contributed by atoms with van der Waals surface area (Å²) in [5, 5.41) is 3.14. The first-order valence-corrected chi connectivity index (χ1v) is 6.25. The third-order valence-corrected chi connectivity index (χ3v) is 3.09. The SMILES string of the molecule is Cc1ccc(F)c(NC(=O)c2ccc(Cl)cc2Cl)c1. The van der Waals surface area contributed by atoms with Crippen LogP contribution in [0.2, 0.25) is 10.0 Å². The van der Waals surface area contributed by atoms with Crippen LogP contribution in [0.15, 0.2) is 36.4 Å². The Morgan fingerprint density at radius 1 is 1.16 bits per heavy atom. The van der Waals surface area contributed by atoms with E-state index in [9.17, 15) is 9.18 Å². The molecule has 0 heterocycles. The zero-order valence-corrected chi connectivity index (χ0v) is 11.5. The van der Waals surface area contributed by atoms with Crippen LogP contribution in [0.5, 0.6) is 0 Å². The maximum atomic E-state index is 13.5. The Balaban J connectivity index is 2.28. The van der Waals surface area contributed by atoms with Crippen molar-refractivity contribution in [1.82, 2.24) is 0 Å². The highest BCUT2D eigenvalue weighted by atomic mass is 35.5. The van der Waals surface area contributed by atoms with Crippen molar-refractivity contribution in [3.8, 4) is 0 Å². The third kappa shape index (κ3) is 3.25. The molecule has 1 amide bonds. The van der Waals surface area contributed by atoms with Gasteiger partial charge in [0.15, 0.2) is 0 Å². The van der Waals surface area contributed by atoms with Gasteiger partial charge in [0.25, 0.3) is 5.91 Å². The van der Waals surface area contributed by atoms with Crippen molar-refractivity contribution in [2.75, 3.05) is 5.32 Å². The fourth-order valence-electron chi connectivity index (χ4n) is 1.60. The number of hydrogen-bond acceptors (Lipinski definition) is 1. The molecular formula is C14H10Cl2FNO. The number of anilines is 1. The average Bonchev–Trinajstić information content (AvgIpc) is 2.33. The number of benzene rings is 2. The predicted molar refractivity (Wildman–Crippen MR) is 75.6 cm³/mol. The molecule has 2 aromatic rings. The van der Waals surface area contributed by atoms with Gasteiger partial charge in [-0.15, -0.1) is 0 Å². The molecule has 0 bridgehead atoms. The van der Waals surface area contributed by atoms with Gasteiger partial charge in [-0.2, -0.15) is 0 Å². The third-order valence-electron chi connectivity index (χ3n) is 2.55. The molecule has 0 aliphatic rings. The minimum atomic E-state index is -0.496. The average molecular weight is 298 g/mol. The summed E-state index contributed by atoms with van der Waals surface area (Å²) in [7, 11) is 0. The molecular weight excluding hydrogens is 288 g/mol. The van der Waals surface area contributed by atoms with Crippen molar-refractivity contribution >= 4 is 34.8 Å². The second-order valence-corrected chi connectivity index (χ2v) is 4.91. The van der Waals surface area contributed by atoms with E-state index in [0.717, 1.165) is 5.56 Å². The lowest BCUT2D eigenvalue weighted by Crippen LogP contribution is -2.13. The monoisotopic (exact) mass is 297 g/mol. The van der Waals surface area contributed by atoms with Crippen LogP contribution in [-0.4, -0.2) is 5.91 Å². The molecule has 98 valence electrons. The summed E-state index contributed by atoms with van der Waals surface area (Å²) in [5.41, 5.74) is 1.21. The van der Waals surface area contributed by atoms with Crippen molar-refractivity contribution in [2.24, 2.45) is 0 Å². The second kappa shape index (κ2) is 5.59. The molecule has 5 heteroatoms. The fourth-order valence-corrected chi connectivity index (χ4v) is 2.09. The van der Waals surface area contributed by atoms with Gasteiger partial charge in [0.05, 0.1) is 16.3 Å². The van der Waals surface area contributed by atoms with Gasteiger partial charge in [0.1, 0.15) is 5.82 Å². The lowest BCUT2D eigenvalue weighted by molar-refractivity contribution is 0.102. The molecule has 0 saturated carbocycles. The standard InChI is InChI=1S/C14H10Cl2FNO/c1-8-2-5-12(17)13(6-8)18-14(19)10-4-3-9(15)7-11(10)16/h2-7H,1H3,(H,18,19). The molecule has 2 rings (SSSR count). The largest absolute Gasteiger partial charge is 0.319 e. The Morgan fingerprint density at radius 3 is 2.58 bits per heavy atom. The van der Waals surface area contributed by atoms with Gasteiger partial charge in [-0.3, -0.25) is 4.79 Å². The van der Waals surface area contributed by atoms with Gasteiger partial charge in [0, 0.05) is 5.02 Å². The molecule has 0 aromatic heterocycles. The van der Waals surface area contributed by atoms with E-state index >= 15 is 0 Å². The van der Waals surface area contributed by atoms with Crippen molar-refractivity contribution in [1.29, 1.82) is 0 Å². The number of nitrogens with one attached hydrogen (secondary N) is 1. The smallest absolute Gasteiger partial charge is 0.257 e. The summed E-state index contributed by atoms with van der Waals surface area (Å²) in [6, 6.07) is 8.99. The highest BCUT2D eigenvalue weighted by Gasteiger charge is 2.13. The van der Waals surface area contributed by atoms with Gasteiger partial charge < -0.3 is 5.32 Å². The first-order valence-electron chi connectivity index (χ1n) is 5.50. The molecule has 0 unspecified atom stereocenters. The number of rotatable bonds is 2. The van der Waals surface area contributed by atoms with E-state index in [2.05, 4.69) is 5.32 Å². The Morgan fingerprint density at radius 2 is 1.89 bits per heavy atom. The molecule has 0 aliphatic carbocycles. The van der Waals surface area contributed by atoms with Crippen LogP contribution >= 0.6 is 23.2 Å². The van der Waals surface area contributed by atoms with Crippen LogP contribution in [0, 0.1) is 12.7 Å². The molecule has 19 heavy (non-hydrogen) atoms. The van der Waals surface area contributed by atoms with E-state index < -0.39 is 11.7 Å². The first-order chi connectivity index (χ1) is 8.97. The van der Waals surface area contributed by atoms with Crippen molar-refractivity contribution < 1.29 is 9.18 Å². The van der Waals surface area contributed by atoms with Gasteiger partial charge in [-0.05, 0) is 42.8 Å². The van der Waals surface area contributed by atoms with Crippen LogP contribution in [0.4, 0.5) is 10.1 Å². The highest BCUT2D eigenvalue weighted by molar-refractivity contribution is 6.37. The number of halogens is 3. The Bertz CT molecular complexity index is 643. The summed E-state index contributed by atoms with van der Waals surface area (Å²) in [6.07, 6.45) is 0. The lowest BCUT2D eigenvalue weighted by atomic mass is 10.2. The van der Waals surface area contributed by atoms with Crippen molar-refractivity contribution in [2.45, 2.75) is 6.92 Å². The summed E-state index contributed by atoms with van der Waals surface area (Å²) >= 11 is 11.7.